The van der Waals surface area contributed by atoms with Crippen LogP contribution in [0.3, 0.4) is 0 Å². The molecule has 10 nitrogen and oxygen atoms in total. The van der Waals surface area contributed by atoms with E-state index >= 15 is 4.39 Å². The van der Waals surface area contributed by atoms with E-state index in [9.17, 15) is 19.1 Å². The Labute approximate surface area is 280 Å². The van der Waals surface area contributed by atoms with Crippen molar-refractivity contribution in [3.63, 3.8) is 0 Å². The van der Waals surface area contributed by atoms with Crippen molar-refractivity contribution in [2.45, 2.75) is 25.4 Å². The lowest BCUT2D eigenvalue weighted by Gasteiger charge is -2.35. The van der Waals surface area contributed by atoms with Crippen LogP contribution in [0, 0.1) is 11.6 Å². The van der Waals surface area contributed by atoms with Gasteiger partial charge in [0.05, 0.1) is 31.9 Å². The lowest BCUT2D eigenvalue weighted by molar-refractivity contribution is 0.0000169. The Hall–Kier alpha value is -5.33. The molecular weight excluding hydrogens is 636 g/mol. The number of likely N-dealkylation sites (tertiary alicyclic amines) is 1. The molecule has 1 saturated heterocycles. The Bertz CT molecular complexity index is 2100. The summed E-state index contributed by atoms with van der Waals surface area (Å²) in [5.74, 6) is -0.192. The van der Waals surface area contributed by atoms with Crippen molar-refractivity contribution >= 4 is 16.7 Å². The summed E-state index contributed by atoms with van der Waals surface area (Å²) in [4.78, 5) is 33.6. The highest BCUT2D eigenvalue weighted by Gasteiger charge is 2.27. The van der Waals surface area contributed by atoms with Gasteiger partial charge in [-0.3, -0.25) is 24.0 Å². The van der Waals surface area contributed by atoms with Gasteiger partial charge in [0.2, 0.25) is 0 Å². The minimum atomic E-state index is -0.699. The Morgan fingerprint density at radius 3 is 2.59 bits per heavy atom. The van der Waals surface area contributed by atoms with E-state index in [1.165, 1.54) is 48.1 Å². The number of carbonyl (C=O) groups excluding carboxylic acids is 1. The molecule has 3 aromatic carbocycles. The molecule has 0 atom stereocenters. The summed E-state index contributed by atoms with van der Waals surface area (Å²) in [5, 5.41) is 10.0. The predicted octanol–water partition coefficient (Wildman–Crippen LogP) is 5.27. The van der Waals surface area contributed by atoms with Gasteiger partial charge in [-0.15, -0.1) is 0 Å². The van der Waals surface area contributed by atoms with Crippen LogP contribution >= 0.6 is 0 Å². The van der Waals surface area contributed by atoms with Crippen LogP contribution in [-0.4, -0.2) is 71.4 Å². The number of hydrogen-bond donors (Lipinski definition) is 1. The molecule has 2 aliphatic rings. The number of carbonyl (C=O) groups is 1. The van der Waals surface area contributed by atoms with Gasteiger partial charge < -0.3 is 24.1 Å². The molecule has 5 aromatic rings. The van der Waals surface area contributed by atoms with Crippen LogP contribution in [0.15, 0.2) is 77.9 Å². The standard InChI is InChI=1S/C37H33F2N3O7/c1-46-33-17-27-29(18-34(33)47-13-2-12-41-20-26(43)21-41)40-11-9-31(27)49-32-8-3-22(15-28(32)39)16-30(44)35-36-23(10-14-48-36)19-42(37(35)45)25-6-4-24(38)5-7-25/h3-9,11,15,17-19,26,43H,2,10,12-14,16,20-21H2,1H3. The minimum absolute atomic E-state index is 0.0679. The third-order valence-electron chi connectivity index (χ3n) is 8.62. The number of aliphatic hydroxyl groups is 1. The zero-order valence-corrected chi connectivity index (χ0v) is 26.7. The number of fused-ring (bicyclic) bond motifs is 2. The highest BCUT2D eigenvalue weighted by atomic mass is 19.1. The summed E-state index contributed by atoms with van der Waals surface area (Å²) >= 11 is 0. The minimum Gasteiger partial charge on any atom is -0.493 e. The van der Waals surface area contributed by atoms with Gasteiger partial charge in [-0.1, -0.05) is 6.07 Å². The van der Waals surface area contributed by atoms with E-state index in [2.05, 4.69) is 9.88 Å². The molecule has 0 bridgehead atoms. The number of ether oxygens (including phenoxy) is 4. The average Bonchev–Trinajstić information content (AvgIpc) is 3.55. The number of aromatic nitrogens is 2. The van der Waals surface area contributed by atoms with Gasteiger partial charge >= 0.3 is 0 Å². The number of hydrogen-bond acceptors (Lipinski definition) is 9. The smallest absolute Gasteiger partial charge is 0.269 e. The van der Waals surface area contributed by atoms with Gasteiger partial charge in [0.1, 0.15) is 22.9 Å². The molecule has 0 radical (unpaired) electrons. The van der Waals surface area contributed by atoms with Gasteiger partial charge in [-0.25, -0.2) is 8.78 Å². The van der Waals surface area contributed by atoms with Crippen LogP contribution in [0.5, 0.6) is 28.7 Å². The molecule has 12 heteroatoms. The Kier molecular flexibility index (Phi) is 8.98. The summed E-state index contributed by atoms with van der Waals surface area (Å²) in [5.41, 5.74) is 1.27. The Morgan fingerprint density at radius 2 is 1.84 bits per heavy atom. The first kappa shape index (κ1) is 32.2. The van der Waals surface area contributed by atoms with Crippen molar-refractivity contribution in [2.75, 3.05) is 40.0 Å². The summed E-state index contributed by atoms with van der Waals surface area (Å²) in [6.07, 6.45) is 3.94. The van der Waals surface area contributed by atoms with Crippen molar-refractivity contribution in [2.24, 2.45) is 0 Å². The number of pyridine rings is 2. The van der Waals surface area contributed by atoms with Crippen LogP contribution in [0.2, 0.25) is 0 Å². The number of Topliss-reactive ketones (excluding diaryl/α,β-unsaturated/α-hetero) is 1. The second-order valence-corrected chi connectivity index (χ2v) is 12.0. The molecule has 0 spiro atoms. The molecular formula is C37H33F2N3O7. The lowest BCUT2D eigenvalue weighted by Crippen LogP contribution is -2.50. The monoisotopic (exact) mass is 669 g/mol. The Balaban J connectivity index is 1.08. The third kappa shape index (κ3) is 6.70. The maximum atomic E-state index is 15.5. The van der Waals surface area contributed by atoms with Crippen LogP contribution in [-0.2, 0) is 12.8 Å². The first-order valence-corrected chi connectivity index (χ1v) is 15.9. The number of β-amino-alcohol motifs (C(OH)–C–C–N with tert-alkyl or cyclic N) is 1. The molecule has 49 heavy (non-hydrogen) atoms. The quantitative estimate of drug-likeness (QED) is 0.140. The zero-order chi connectivity index (χ0) is 34.1. The molecule has 0 unspecified atom stereocenters. The maximum Gasteiger partial charge on any atom is 0.269 e. The molecule has 0 aliphatic carbocycles. The van der Waals surface area contributed by atoms with Gasteiger partial charge in [0.15, 0.2) is 28.8 Å². The van der Waals surface area contributed by atoms with Crippen LogP contribution < -0.4 is 24.5 Å². The number of rotatable bonds is 12. The molecule has 2 aliphatic heterocycles. The average molecular weight is 670 g/mol. The number of methoxy groups -OCH3 is 1. The van der Waals surface area contributed by atoms with Crippen LogP contribution in [0.4, 0.5) is 8.78 Å². The van der Waals surface area contributed by atoms with Crippen molar-refractivity contribution in [3.05, 3.63) is 112 Å². The number of benzene rings is 3. The molecule has 1 fully saturated rings. The van der Waals surface area contributed by atoms with E-state index < -0.39 is 23.0 Å². The summed E-state index contributed by atoms with van der Waals surface area (Å²) in [6, 6.07) is 14.7. The fraction of sp³-hybridized carbons (Fsp3) is 0.270. The molecule has 0 saturated carbocycles. The fourth-order valence-corrected chi connectivity index (χ4v) is 6.11. The van der Waals surface area contributed by atoms with E-state index in [1.807, 2.05) is 0 Å². The second kappa shape index (κ2) is 13.7. The molecule has 1 N–H and O–H groups in total. The van der Waals surface area contributed by atoms with Crippen molar-refractivity contribution in [1.29, 1.82) is 0 Å². The van der Waals surface area contributed by atoms with Crippen molar-refractivity contribution in [1.82, 2.24) is 14.5 Å². The van der Waals surface area contributed by atoms with E-state index in [1.54, 1.807) is 36.7 Å². The van der Waals surface area contributed by atoms with E-state index in [0.717, 1.165) is 13.0 Å². The Morgan fingerprint density at radius 1 is 1.02 bits per heavy atom. The highest BCUT2D eigenvalue weighted by Crippen LogP contribution is 2.38. The summed E-state index contributed by atoms with van der Waals surface area (Å²) in [7, 11) is 1.53. The van der Waals surface area contributed by atoms with Gasteiger partial charge in [0, 0.05) is 67.6 Å². The van der Waals surface area contributed by atoms with E-state index in [4.69, 9.17) is 18.9 Å². The molecule has 0 amide bonds. The number of aliphatic hydroxyl groups excluding tert-OH is 1. The normalized spacial score (nSPS) is 14.3. The number of halogens is 2. The van der Waals surface area contributed by atoms with Crippen LogP contribution in [0.1, 0.15) is 27.9 Å². The van der Waals surface area contributed by atoms with Crippen molar-refractivity contribution < 1.29 is 37.6 Å². The van der Waals surface area contributed by atoms with E-state index in [0.29, 0.717) is 77.7 Å². The van der Waals surface area contributed by atoms with Gasteiger partial charge in [-0.2, -0.15) is 0 Å². The molecule has 4 heterocycles. The van der Waals surface area contributed by atoms with Crippen molar-refractivity contribution in [3.8, 4) is 34.4 Å². The number of ketones is 1. The highest BCUT2D eigenvalue weighted by molar-refractivity contribution is 6.00. The molecule has 252 valence electrons. The second-order valence-electron chi connectivity index (χ2n) is 12.0. The maximum absolute atomic E-state index is 15.5. The van der Waals surface area contributed by atoms with Gasteiger partial charge in [-0.05, 0) is 60.5 Å². The lowest BCUT2D eigenvalue weighted by atomic mass is 10.0. The number of nitrogens with zero attached hydrogens (tertiary/aromatic N) is 3. The van der Waals surface area contributed by atoms with Gasteiger partial charge in [0.25, 0.3) is 5.56 Å². The fourth-order valence-electron chi connectivity index (χ4n) is 6.11. The third-order valence-corrected chi connectivity index (χ3v) is 8.62. The summed E-state index contributed by atoms with van der Waals surface area (Å²) in [6.45, 7) is 2.95. The first-order valence-electron chi connectivity index (χ1n) is 15.9. The van der Waals surface area contributed by atoms with Crippen LogP contribution in [0.25, 0.3) is 16.6 Å². The van der Waals surface area contributed by atoms with E-state index in [-0.39, 0.29) is 29.6 Å². The predicted molar refractivity (Wildman–Crippen MR) is 177 cm³/mol. The largest absolute Gasteiger partial charge is 0.493 e. The molecule has 2 aromatic heterocycles. The summed E-state index contributed by atoms with van der Waals surface area (Å²) < 4.78 is 53.5. The zero-order valence-electron chi connectivity index (χ0n) is 26.7. The SMILES string of the molecule is COc1cc2c(Oc3ccc(CC(=O)c4c5c(cn(-c6ccc(F)cc6)c4=O)CCO5)cc3F)ccnc2cc1OCCCN1CC(O)C1. The topological polar surface area (TPSA) is 112 Å². The first-order chi connectivity index (χ1) is 23.8. The molecule has 7 rings (SSSR count).